The van der Waals surface area contributed by atoms with Gasteiger partial charge in [0.15, 0.2) is 0 Å². The van der Waals surface area contributed by atoms with E-state index < -0.39 is 6.43 Å². The van der Waals surface area contributed by atoms with Crippen molar-refractivity contribution in [2.24, 2.45) is 11.7 Å². The van der Waals surface area contributed by atoms with Crippen LogP contribution in [0.15, 0.2) is 24.3 Å². The third-order valence-corrected chi connectivity index (χ3v) is 3.01. The van der Waals surface area contributed by atoms with Crippen molar-refractivity contribution in [3.05, 3.63) is 35.4 Å². The van der Waals surface area contributed by atoms with Crippen LogP contribution in [0.3, 0.4) is 0 Å². The number of hydrogen-bond acceptors (Lipinski definition) is 2. The molecule has 0 fully saturated rings. The topological polar surface area (TPSA) is 29.3 Å². The molecule has 0 bridgehead atoms. The van der Waals surface area contributed by atoms with Crippen molar-refractivity contribution in [1.29, 1.82) is 0 Å². The number of alkyl halides is 2. The van der Waals surface area contributed by atoms with Crippen LogP contribution in [0.4, 0.5) is 8.78 Å². The van der Waals surface area contributed by atoms with Crippen molar-refractivity contribution < 1.29 is 8.78 Å². The second-order valence-corrected chi connectivity index (χ2v) is 5.56. The predicted octanol–water partition coefficient (Wildman–Crippen LogP) is 3.08. The molecule has 1 aromatic carbocycles. The Morgan fingerprint density at radius 3 is 2.16 bits per heavy atom. The third kappa shape index (κ3) is 6.12. The fraction of sp³-hybridized carbons (Fsp3) is 0.600. The standard InChI is InChI=1S/C15H24F2N2/c1-11(2)8-12-4-6-13(7-5-12)14(18)9-19(3)10-15(16)17/h4-7,11,14-15H,8-10,18H2,1-3H3. The Labute approximate surface area is 114 Å². The largest absolute Gasteiger partial charge is 0.323 e. The summed E-state index contributed by atoms with van der Waals surface area (Å²) in [6, 6.07) is 7.92. The lowest BCUT2D eigenvalue weighted by Crippen LogP contribution is -2.32. The van der Waals surface area contributed by atoms with E-state index in [0.29, 0.717) is 12.5 Å². The minimum Gasteiger partial charge on any atom is -0.323 e. The Bertz CT molecular complexity index is 363. The Balaban J connectivity index is 2.55. The summed E-state index contributed by atoms with van der Waals surface area (Å²) in [7, 11) is 1.67. The predicted molar refractivity (Wildman–Crippen MR) is 75.4 cm³/mol. The molecule has 108 valence electrons. The number of benzene rings is 1. The lowest BCUT2D eigenvalue weighted by Gasteiger charge is -2.21. The van der Waals surface area contributed by atoms with Crippen LogP contribution in [0.25, 0.3) is 0 Å². The quantitative estimate of drug-likeness (QED) is 0.825. The van der Waals surface area contributed by atoms with Gasteiger partial charge in [-0.05, 0) is 30.5 Å². The molecule has 0 amide bonds. The number of likely N-dealkylation sites (N-methyl/N-ethyl adjacent to an activating group) is 1. The summed E-state index contributed by atoms with van der Waals surface area (Å²) in [5.74, 6) is 0.622. The van der Waals surface area contributed by atoms with Gasteiger partial charge in [0.1, 0.15) is 0 Å². The lowest BCUT2D eigenvalue weighted by atomic mass is 9.99. The maximum atomic E-state index is 12.2. The molecule has 1 atom stereocenters. The second-order valence-electron chi connectivity index (χ2n) is 5.56. The Kier molecular flexibility index (Phi) is 6.38. The molecule has 2 N–H and O–H groups in total. The molecule has 19 heavy (non-hydrogen) atoms. The summed E-state index contributed by atoms with van der Waals surface area (Å²) in [4.78, 5) is 1.57. The summed E-state index contributed by atoms with van der Waals surface area (Å²) in [5.41, 5.74) is 8.31. The van der Waals surface area contributed by atoms with Crippen molar-refractivity contribution >= 4 is 0 Å². The summed E-state index contributed by atoms with van der Waals surface area (Å²) < 4.78 is 24.5. The van der Waals surface area contributed by atoms with Gasteiger partial charge >= 0.3 is 0 Å². The number of nitrogens with two attached hydrogens (primary N) is 1. The van der Waals surface area contributed by atoms with Crippen molar-refractivity contribution in [1.82, 2.24) is 4.90 Å². The van der Waals surface area contributed by atoms with E-state index in [-0.39, 0.29) is 12.6 Å². The second kappa shape index (κ2) is 7.56. The van der Waals surface area contributed by atoms with Crippen molar-refractivity contribution in [2.75, 3.05) is 20.1 Å². The molecule has 4 heteroatoms. The Morgan fingerprint density at radius 1 is 1.11 bits per heavy atom. The van der Waals surface area contributed by atoms with E-state index in [1.54, 1.807) is 11.9 Å². The molecule has 1 unspecified atom stereocenters. The summed E-state index contributed by atoms with van der Waals surface area (Å²) in [5, 5.41) is 0. The van der Waals surface area contributed by atoms with Crippen molar-refractivity contribution in [3.63, 3.8) is 0 Å². The molecule has 1 aromatic rings. The fourth-order valence-corrected chi connectivity index (χ4v) is 2.12. The first kappa shape index (κ1) is 16.1. The average molecular weight is 270 g/mol. The van der Waals surface area contributed by atoms with Gasteiger partial charge in [-0.2, -0.15) is 0 Å². The van der Waals surface area contributed by atoms with Crippen molar-refractivity contribution in [3.8, 4) is 0 Å². The van der Waals surface area contributed by atoms with Gasteiger partial charge in [0, 0.05) is 12.6 Å². The Hall–Kier alpha value is -1.00. The molecule has 0 saturated carbocycles. The SMILES string of the molecule is CC(C)Cc1ccc(C(N)CN(C)CC(F)F)cc1. The van der Waals surface area contributed by atoms with Crippen LogP contribution in [-0.2, 0) is 6.42 Å². The van der Waals surface area contributed by atoms with Gasteiger partial charge in [-0.25, -0.2) is 8.78 Å². The van der Waals surface area contributed by atoms with Gasteiger partial charge in [0.2, 0.25) is 0 Å². The van der Waals surface area contributed by atoms with Crippen LogP contribution in [0.2, 0.25) is 0 Å². The monoisotopic (exact) mass is 270 g/mol. The maximum Gasteiger partial charge on any atom is 0.251 e. The minimum absolute atomic E-state index is 0.225. The maximum absolute atomic E-state index is 12.2. The molecule has 0 aliphatic heterocycles. The molecule has 0 radical (unpaired) electrons. The molecule has 0 heterocycles. The highest BCUT2D eigenvalue weighted by molar-refractivity contribution is 5.25. The van der Waals surface area contributed by atoms with Crippen LogP contribution in [0.5, 0.6) is 0 Å². The number of rotatable bonds is 7. The molecule has 0 saturated heterocycles. The van der Waals surface area contributed by atoms with Gasteiger partial charge in [-0.15, -0.1) is 0 Å². The van der Waals surface area contributed by atoms with Crippen LogP contribution in [0, 0.1) is 5.92 Å². The normalized spacial score (nSPS) is 13.5. The first-order valence-corrected chi connectivity index (χ1v) is 6.69. The molecular weight excluding hydrogens is 246 g/mol. The molecule has 1 rings (SSSR count). The lowest BCUT2D eigenvalue weighted by molar-refractivity contribution is 0.0978. The molecule has 0 aromatic heterocycles. The fourth-order valence-electron chi connectivity index (χ4n) is 2.12. The van der Waals surface area contributed by atoms with Gasteiger partial charge in [0.05, 0.1) is 6.54 Å². The van der Waals surface area contributed by atoms with E-state index >= 15 is 0 Å². The zero-order chi connectivity index (χ0) is 14.4. The van der Waals surface area contributed by atoms with Crippen molar-refractivity contribution in [2.45, 2.75) is 32.7 Å². The highest BCUT2D eigenvalue weighted by Crippen LogP contribution is 2.15. The van der Waals surface area contributed by atoms with Gasteiger partial charge in [-0.1, -0.05) is 38.1 Å². The molecular formula is C15H24F2N2. The molecule has 0 aliphatic carbocycles. The highest BCUT2D eigenvalue weighted by Gasteiger charge is 2.13. The average Bonchev–Trinajstić information content (AvgIpc) is 2.27. The zero-order valence-corrected chi connectivity index (χ0v) is 11.9. The third-order valence-electron chi connectivity index (χ3n) is 3.01. The molecule has 0 aliphatic rings. The van der Waals surface area contributed by atoms with E-state index in [1.165, 1.54) is 5.56 Å². The summed E-state index contributed by atoms with van der Waals surface area (Å²) in [6.45, 7) is 4.56. The van der Waals surface area contributed by atoms with Crippen LogP contribution in [-0.4, -0.2) is 31.5 Å². The smallest absolute Gasteiger partial charge is 0.251 e. The van der Waals surface area contributed by atoms with E-state index in [4.69, 9.17) is 5.73 Å². The number of halogens is 2. The van der Waals surface area contributed by atoms with Gasteiger partial charge in [-0.3, -0.25) is 4.90 Å². The van der Waals surface area contributed by atoms with E-state index in [9.17, 15) is 8.78 Å². The highest BCUT2D eigenvalue weighted by atomic mass is 19.3. The zero-order valence-electron chi connectivity index (χ0n) is 11.9. The first-order valence-electron chi connectivity index (χ1n) is 6.69. The van der Waals surface area contributed by atoms with E-state index in [2.05, 4.69) is 26.0 Å². The number of nitrogens with zero attached hydrogens (tertiary/aromatic N) is 1. The van der Waals surface area contributed by atoms with Crippen LogP contribution >= 0.6 is 0 Å². The summed E-state index contributed by atoms with van der Waals surface area (Å²) in [6.07, 6.45) is -1.27. The van der Waals surface area contributed by atoms with E-state index in [1.807, 2.05) is 12.1 Å². The molecule has 0 spiro atoms. The van der Waals surface area contributed by atoms with Crippen LogP contribution in [0.1, 0.15) is 31.0 Å². The molecule has 2 nitrogen and oxygen atoms in total. The summed E-state index contributed by atoms with van der Waals surface area (Å²) >= 11 is 0. The van der Waals surface area contributed by atoms with Crippen LogP contribution < -0.4 is 5.73 Å². The number of hydrogen-bond donors (Lipinski definition) is 1. The Morgan fingerprint density at radius 2 is 1.68 bits per heavy atom. The minimum atomic E-state index is -2.31. The van der Waals surface area contributed by atoms with Gasteiger partial charge < -0.3 is 5.73 Å². The van der Waals surface area contributed by atoms with Gasteiger partial charge in [0.25, 0.3) is 6.43 Å². The first-order chi connectivity index (χ1) is 8.88. The van der Waals surface area contributed by atoms with E-state index in [0.717, 1.165) is 12.0 Å².